The summed E-state index contributed by atoms with van der Waals surface area (Å²) < 4.78 is 5.49. The molecular formula is C11H10Cl2N4O. The van der Waals surface area contributed by atoms with Crippen molar-refractivity contribution in [3.63, 3.8) is 0 Å². The summed E-state index contributed by atoms with van der Waals surface area (Å²) in [7, 11) is 0. The second-order valence-corrected chi connectivity index (χ2v) is 3.96. The molecule has 2 rings (SSSR count). The van der Waals surface area contributed by atoms with Crippen LogP contribution in [0.25, 0.3) is 0 Å². The molecule has 1 N–H and O–H groups in total. The number of hydrogen-bond donors (Lipinski definition) is 1. The maximum Gasteiger partial charge on any atom is 0.228 e. The summed E-state index contributed by atoms with van der Waals surface area (Å²) >= 11 is 11.3. The van der Waals surface area contributed by atoms with Gasteiger partial charge in [-0.3, -0.25) is 0 Å². The molecule has 2 aromatic rings. The number of rotatable bonds is 5. The fourth-order valence-corrected chi connectivity index (χ4v) is 1.62. The van der Waals surface area contributed by atoms with E-state index in [1.165, 1.54) is 0 Å². The maximum absolute atomic E-state index is 5.64. The topological polar surface area (TPSA) is 59.9 Å². The molecule has 1 aromatic heterocycles. The van der Waals surface area contributed by atoms with Gasteiger partial charge in [-0.1, -0.05) is 18.2 Å². The SMILES string of the molecule is Clc1nc(Cl)nc(NCCOc2ccccc2)n1. The quantitative estimate of drug-likeness (QED) is 0.856. The van der Waals surface area contributed by atoms with Crippen LogP contribution in [-0.2, 0) is 0 Å². The van der Waals surface area contributed by atoms with Gasteiger partial charge in [-0.15, -0.1) is 0 Å². The van der Waals surface area contributed by atoms with Gasteiger partial charge in [-0.25, -0.2) is 0 Å². The number of halogens is 2. The van der Waals surface area contributed by atoms with Crippen LogP contribution in [0, 0.1) is 0 Å². The summed E-state index contributed by atoms with van der Waals surface area (Å²) in [4.78, 5) is 11.4. The molecule has 0 aliphatic carbocycles. The zero-order chi connectivity index (χ0) is 12.8. The first-order chi connectivity index (χ1) is 8.74. The van der Waals surface area contributed by atoms with E-state index in [4.69, 9.17) is 27.9 Å². The van der Waals surface area contributed by atoms with Gasteiger partial charge in [-0.2, -0.15) is 15.0 Å². The molecule has 94 valence electrons. The second-order valence-electron chi connectivity index (χ2n) is 3.29. The van der Waals surface area contributed by atoms with Crippen LogP contribution in [0.1, 0.15) is 0 Å². The van der Waals surface area contributed by atoms with E-state index in [9.17, 15) is 0 Å². The number of ether oxygens (including phenoxy) is 1. The molecule has 7 heteroatoms. The van der Waals surface area contributed by atoms with Gasteiger partial charge < -0.3 is 10.1 Å². The Balaban J connectivity index is 1.78. The summed E-state index contributed by atoms with van der Waals surface area (Å²) in [6.07, 6.45) is 0. The van der Waals surface area contributed by atoms with Gasteiger partial charge >= 0.3 is 0 Å². The van der Waals surface area contributed by atoms with Crippen molar-refractivity contribution in [2.24, 2.45) is 0 Å². The Labute approximate surface area is 114 Å². The average Bonchev–Trinajstić information content (AvgIpc) is 2.35. The van der Waals surface area contributed by atoms with Crippen molar-refractivity contribution in [1.82, 2.24) is 15.0 Å². The Kier molecular flexibility index (Phi) is 4.55. The average molecular weight is 285 g/mol. The van der Waals surface area contributed by atoms with Crippen molar-refractivity contribution in [3.8, 4) is 5.75 Å². The monoisotopic (exact) mass is 284 g/mol. The van der Waals surface area contributed by atoms with Crippen molar-refractivity contribution < 1.29 is 4.74 Å². The highest BCUT2D eigenvalue weighted by atomic mass is 35.5. The summed E-state index contributed by atoms with van der Waals surface area (Å²) in [5.41, 5.74) is 0. The Hall–Kier alpha value is -1.59. The molecule has 0 bridgehead atoms. The predicted octanol–water partition coefficient (Wildman–Crippen LogP) is 2.67. The highest BCUT2D eigenvalue weighted by molar-refractivity contribution is 6.31. The molecular weight excluding hydrogens is 275 g/mol. The van der Waals surface area contributed by atoms with Crippen LogP contribution < -0.4 is 10.1 Å². The number of anilines is 1. The van der Waals surface area contributed by atoms with Crippen LogP contribution in [0.2, 0.25) is 10.6 Å². The van der Waals surface area contributed by atoms with E-state index in [-0.39, 0.29) is 10.6 Å². The Morgan fingerprint density at radius 3 is 2.33 bits per heavy atom. The minimum Gasteiger partial charge on any atom is -0.492 e. The minimum atomic E-state index is 0.0569. The van der Waals surface area contributed by atoms with E-state index < -0.39 is 0 Å². The lowest BCUT2D eigenvalue weighted by Gasteiger charge is -2.07. The molecule has 0 atom stereocenters. The summed E-state index contributed by atoms with van der Waals surface area (Å²) in [6, 6.07) is 9.52. The molecule has 1 heterocycles. The Bertz CT molecular complexity index is 489. The molecule has 1 aromatic carbocycles. The molecule has 0 saturated heterocycles. The third kappa shape index (κ3) is 4.01. The van der Waals surface area contributed by atoms with Crippen LogP contribution in [0.15, 0.2) is 30.3 Å². The second kappa shape index (κ2) is 6.37. The van der Waals surface area contributed by atoms with Crippen LogP contribution in [0.3, 0.4) is 0 Å². The number of benzene rings is 1. The minimum absolute atomic E-state index is 0.0569. The van der Waals surface area contributed by atoms with Crippen LogP contribution in [0.5, 0.6) is 5.75 Å². The summed E-state index contributed by atoms with van der Waals surface area (Å²) in [5, 5.41) is 3.05. The first-order valence-electron chi connectivity index (χ1n) is 5.23. The van der Waals surface area contributed by atoms with Crippen molar-refractivity contribution in [3.05, 3.63) is 40.9 Å². The van der Waals surface area contributed by atoms with Gasteiger partial charge in [0, 0.05) is 0 Å². The molecule has 0 aliphatic heterocycles. The van der Waals surface area contributed by atoms with Gasteiger partial charge in [0.25, 0.3) is 0 Å². The molecule has 0 amide bonds. The smallest absolute Gasteiger partial charge is 0.228 e. The lowest BCUT2D eigenvalue weighted by Crippen LogP contribution is -2.13. The maximum atomic E-state index is 5.64. The number of hydrogen-bond acceptors (Lipinski definition) is 5. The first kappa shape index (κ1) is 12.9. The highest BCUT2D eigenvalue weighted by Crippen LogP contribution is 2.10. The van der Waals surface area contributed by atoms with Crippen molar-refractivity contribution in [2.75, 3.05) is 18.5 Å². The fraction of sp³-hybridized carbons (Fsp3) is 0.182. The third-order valence-electron chi connectivity index (χ3n) is 1.98. The third-order valence-corrected chi connectivity index (χ3v) is 2.32. The molecule has 0 spiro atoms. The predicted molar refractivity (Wildman–Crippen MR) is 70.3 cm³/mol. The lowest BCUT2D eigenvalue weighted by atomic mass is 10.3. The Morgan fingerprint density at radius 1 is 1.00 bits per heavy atom. The van der Waals surface area contributed by atoms with Crippen molar-refractivity contribution >= 4 is 29.2 Å². The lowest BCUT2D eigenvalue weighted by molar-refractivity contribution is 0.332. The van der Waals surface area contributed by atoms with E-state index in [1.807, 2.05) is 30.3 Å². The first-order valence-corrected chi connectivity index (χ1v) is 5.98. The molecule has 0 saturated carbocycles. The van der Waals surface area contributed by atoms with Crippen LogP contribution >= 0.6 is 23.2 Å². The molecule has 18 heavy (non-hydrogen) atoms. The van der Waals surface area contributed by atoms with E-state index in [2.05, 4.69) is 20.3 Å². The fourth-order valence-electron chi connectivity index (χ4n) is 1.25. The van der Waals surface area contributed by atoms with Gasteiger partial charge in [0.05, 0.1) is 6.54 Å². The van der Waals surface area contributed by atoms with Gasteiger partial charge in [0.15, 0.2) is 0 Å². The van der Waals surface area contributed by atoms with Crippen LogP contribution in [0.4, 0.5) is 5.95 Å². The molecule has 0 aliphatic rings. The molecule has 0 unspecified atom stereocenters. The van der Waals surface area contributed by atoms with Crippen molar-refractivity contribution in [2.45, 2.75) is 0 Å². The molecule has 0 radical (unpaired) electrons. The normalized spacial score (nSPS) is 10.1. The van der Waals surface area contributed by atoms with Gasteiger partial charge in [-0.05, 0) is 35.3 Å². The zero-order valence-electron chi connectivity index (χ0n) is 9.31. The highest BCUT2D eigenvalue weighted by Gasteiger charge is 2.02. The largest absolute Gasteiger partial charge is 0.492 e. The summed E-state index contributed by atoms with van der Waals surface area (Å²) in [6.45, 7) is 1.01. The number of nitrogens with one attached hydrogen (secondary N) is 1. The van der Waals surface area contributed by atoms with E-state index >= 15 is 0 Å². The summed E-state index contributed by atoms with van der Waals surface area (Å²) in [5.74, 6) is 1.14. The molecule has 5 nitrogen and oxygen atoms in total. The Morgan fingerprint density at radius 2 is 1.67 bits per heavy atom. The van der Waals surface area contributed by atoms with Gasteiger partial charge in [0.2, 0.25) is 16.5 Å². The van der Waals surface area contributed by atoms with Gasteiger partial charge in [0.1, 0.15) is 12.4 Å². The van der Waals surface area contributed by atoms with Crippen molar-refractivity contribution in [1.29, 1.82) is 0 Å². The molecule has 0 fully saturated rings. The number of para-hydroxylation sites is 1. The van der Waals surface area contributed by atoms with E-state index in [0.717, 1.165) is 5.75 Å². The number of nitrogens with zero attached hydrogens (tertiary/aromatic N) is 3. The standard InChI is InChI=1S/C11H10Cl2N4O/c12-9-15-10(13)17-11(16-9)14-6-7-18-8-4-2-1-3-5-8/h1-5H,6-7H2,(H,14,15,16,17). The number of aromatic nitrogens is 3. The van der Waals surface area contributed by atoms with Crippen LogP contribution in [-0.4, -0.2) is 28.1 Å². The van der Waals surface area contributed by atoms with E-state index in [1.54, 1.807) is 0 Å². The zero-order valence-corrected chi connectivity index (χ0v) is 10.8. The van der Waals surface area contributed by atoms with E-state index in [0.29, 0.717) is 19.1 Å².